The second-order valence-corrected chi connectivity index (χ2v) is 8.36. The Morgan fingerprint density at radius 1 is 1.03 bits per heavy atom. The van der Waals surface area contributed by atoms with E-state index in [1.165, 1.54) is 11.5 Å². The Morgan fingerprint density at radius 2 is 1.78 bits per heavy atom. The molecule has 5 nitrogen and oxygen atoms in total. The quantitative estimate of drug-likeness (QED) is 0.301. The van der Waals surface area contributed by atoms with Gasteiger partial charge in [0.25, 0.3) is 0 Å². The standard InChI is InChI=1S/C25H17ClN2O3S/c1-2-31-25(30)22-23(29)19-20(15-10-12-16(26)13-11-15)28-32-24(19)21(27-22)18-9-5-7-14-6-3-4-8-17(14)18/h3-13,29H,2H2,1H3. The SMILES string of the molecule is CCOC(=O)c1nc(-c2cccc3ccccc23)c2snc(-c3ccc(Cl)cc3)c2c1O. The van der Waals surface area contributed by atoms with Crippen LogP contribution in [0.2, 0.25) is 5.02 Å². The van der Waals surface area contributed by atoms with Crippen molar-refractivity contribution in [2.45, 2.75) is 6.92 Å². The molecule has 0 aliphatic heterocycles. The fourth-order valence-corrected chi connectivity index (χ4v) is 4.80. The summed E-state index contributed by atoms with van der Waals surface area (Å²) in [4.78, 5) is 17.3. The first-order chi connectivity index (χ1) is 15.6. The Kier molecular flexibility index (Phi) is 5.25. The summed E-state index contributed by atoms with van der Waals surface area (Å²) in [6.45, 7) is 1.89. The van der Waals surface area contributed by atoms with Gasteiger partial charge < -0.3 is 9.84 Å². The molecule has 0 saturated heterocycles. The number of benzene rings is 3. The molecular weight excluding hydrogens is 444 g/mol. The van der Waals surface area contributed by atoms with Crippen LogP contribution in [0.25, 0.3) is 43.4 Å². The van der Waals surface area contributed by atoms with Crippen LogP contribution in [0.15, 0.2) is 66.7 Å². The van der Waals surface area contributed by atoms with Crippen LogP contribution in [0, 0.1) is 0 Å². The lowest BCUT2D eigenvalue weighted by molar-refractivity contribution is 0.0516. The number of esters is 1. The highest BCUT2D eigenvalue weighted by molar-refractivity contribution is 7.14. The number of pyridine rings is 1. The van der Waals surface area contributed by atoms with Crippen LogP contribution in [0.3, 0.4) is 0 Å². The van der Waals surface area contributed by atoms with Gasteiger partial charge >= 0.3 is 5.97 Å². The first-order valence-corrected chi connectivity index (χ1v) is 11.2. The summed E-state index contributed by atoms with van der Waals surface area (Å²) in [5, 5.41) is 14.2. The Labute approximate surface area is 193 Å². The zero-order chi connectivity index (χ0) is 22.2. The zero-order valence-corrected chi connectivity index (χ0v) is 18.6. The molecule has 1 N–H and O–H groups in total. The van der Waals surface area contributed by atoms with Gasteiger partial charge in [-0.05, 0) is 41.4 Å². The van der Waals surface area contributed by atoms with Crippen molar-refractivity contribution >= 4 is 50.0 Å². The minimum absolute atomic E-state index is 0.127. The molecule has 0 amide bonds. The maximum absolute atomic E-state index is 12.7. The third-order valence-corrected chi connectivity index (χ3v) is 6.33. The van der Waals surface area contributed by atoms with E-state index >= 15 is 0 Å². The number of fused-ring (bicyclic) bond motifs is 2. The summed E-state index contributed by atoms with van der Waals surface area (Å²) in [5.74, 6) is -0.914. The maximum atomic E-state index is 12.7. The zero-order valence-electron chi connectivity index (χ0n) is 17.0. The smallest absolute Gasteiger partial charge is 0.360 e. The average Bonchev–Trinajstić information content (AvgIpc) is 3.25. The van der Waals surface area contributed by atoms with Gasteiger partial charge in [0.1, 0.15) is 0 Å². The molecule has 0 radical (unpaired) electrons. The predicted molar refractivity (Wildman–Crippen MR) is 128 cm³/mol. The topological polar surface area (TPSA) is 72.3 Å². The summed E-state index contributed by atoms with van der Waals surface area (Å²) in [6.07, 6.45) is 0. The van der Waals surface area contributed by atoms with E-state index in [0.717, 1.165) is 21.9 Å². The van der Waals surface area contributed by atoms with E-state index in [-0.39, 0.29) is 18.1 Å². The van der Waals surface area contributed by atoms with Crippen LogP contribution in [0.4, 0.5) is 0 Å². The molecule has 7 heteroatoms. The molecule has 0 spiro atoms. The number of carbonyl (C=O) groups excluding carboxylic acids is 1. The van der Waals surface area contributed by atoms with E-state index in [4.69, 9.17) is 16.3 Å². The van der Waals surface area contributed by atoms with Crippen LogP contribution in [-0.2, 0) is 4.74 Å². The highest BCUT2D eigenvalue weighted by atomic mass is 35.5. The number of carbonyl (C=O) groups is 1. The van der Waals surface area contributed by atoms with Gasteiger partial charge in [-0.2, -0.15) is 4.37 Å². The fraction of sp³-hybridized carbons (Fsp3) is 0.0800. The lowest BCUT2D eigenvalue weighted by Gasteiger charge is -2.11. The van der Waals surface area contributed by atoms with Crippen LogP contribution < -0.4 is 0 Å². The molecule has 3 aromatic carbocycles. The van der Waals surface area contributed by atoms with Gasteiger partial charge in [-0.3, -0.25) is 0 Å². The van der Waals surface area contributed by atoms with E-state index in [0.29, 0.717) is 26.5 Å². The summed E-state index contributed by atoms with van der Waals surface area (Å²) in [7, 11) is 0. The minimum atomic E-state index is -0.679. The molecule has 0 saturated carbocycles. The molecule has 0 aliphatic rings. The lowest BCUT2D eigenvalue weighted by atomic mass is 9.99. The fourth-order valence-electron chi connectivity index (χ4n) is 3.77. The molecule has 0 unspecified atom stereocenters. The molecule has 2 aromatic heterocycles. The van der Waals surface area contributed by atoms with Crippen LogP contribution in [-0.4, -0.2) is 27.0 Å². The molecule has 0 fully saturated rings. The van der Waals surface area contributed by atoms with Crippen molar-refractivity contribution in [3.63, 3.8) is 0 Å². The van der Waals surface area contributed by atoms with Crippen molar-refractivity contribution < 1.29 is 14.6 Å². The van der Waals surface area contributed by atoms with E-state index in [2.05, 4.69) is 9.36 Å². The van der Waals surface area contributed by atoms with Gasteiger partial charge in [0.15, 0.2) is 11.4 Å². The molecule has 0 aliphatic carbocycles. The molecule has 0 bridgehead atoms. The van der Waals surface area contributed by atoms with Gasteiger partial charge in [0.05, 0.1) is 28.1 Å². The second-order valence-electron chi connectivity index (χ2n) is 7.15. The molecule has 0 atom stereocenters. The lowest BCUT2D eigenvalue weighted by Crippen LogP contribution is -2.08. The van der Waals surface area contributed by atoms with Gasteiger partial charge in [0, 0.05) is 16.1 Å². The summed E-state index contributed by atoms with van der Waals surface area (Å²) in [5.41, 5.74) is 2.65. The minimum Gasteiger partial charge on any atom is -0.505 e. The van der Waals surface area contributed by atoms with Crippen molar-refractivity contribution in [3.05, 3.63) is 77.4 Å². The van der Waals surface area contributed by atoms with Crippen molar-refractivity contribution in [1.29, 1.82) is 0 Å². The van der Waals surface area contributed by atoms with E-state index < -0.39 is 5.97 Å². The number of rotatable bonds is 4. The number of aromatic hydroxyl groups is 1. The maximum Gasteiger partial charge on any atom is 0.360 e. The number of halogens is 1. The predicted octanol–water partition coefficient (Wildman–Crippen LogP) is 6.71. The van der Waals surface area contributed by atoms with E-state index in [1.54, 1.807) is 19.1 Å². The first kappa shape index (κ1) is 20.4. The Balaban J connectivity index is 1.86. The van der Waals surface area contributed by atoms with E-state index in [9.17, 15) is 9.90 Å². The first-order valence-electron chi connectivity index (χ1n) is 10.0. The van der Waals surface area contributed by atoms with Crippen molar-refractivity contribution in [2.24, 2.45) is 0 Å². The highest BCUT2D eigenvalue weighted by Crippen LogP contribution is 2.44. The molecule has 2 heterocycles. The second kappa shape index (κ2) is 8.22. The monoisotopic (exact) mass is 460 g/mol. The van der Waals surface area contributed by atoms with Crippen molar-refractivity contribution in [3.8, 4) is 28.3 Å². The molecule has 158 valence electrons. The Hall–Kier alpha value is -3.48. The number of aromatic nitrogens is 2. The van der Waals surface area contributed by atoms with Crippen LogP contribution >= 0.6 is 23.1 Å². The van der Waals surface area contributed by atoms with Crippen LogP contribution in [0.1, 0.15) is 17.4 Å². The van der Waals surface area contributed by atoms with Gasteiger partial charge in [-0.15, -0.1) is 0 Å². The van der Waals surface area contributed by atoms with Gasteiger partial charge in [-0.1, -0.05) is 66.2 Å². The Bertz CT molecular complexity index is 1470. The van der Waals surface area contributed by atoms with E-state index in [1.807, 2.05) is 54.6 Å². The largest absolute Gasteiger partial charge is 0.505 e. The number of ether oxygens (including phenoxy) is 1. The van der Waals surface area contributed by atoms with Crippen molar-refractivity contribution in [2.75, 3.05) is 6.61 Å². The average molecular weight is 461 g/mol. The van der Waals surface area contributed by atoms with Gasteiger partial charge in [0.2, 0.25) is 0 Å². The third-order valence-electron chi connectivity index (χ3n) is 5.22. The molecule has 5 aromatic rings. The third kappa shape index (κ3) is 3.38. The highest BCUT2D eigenvalue weighted by Gasteiger charge is 2.26. The Morgan fingerprint density at radius 3 is 2.56 bits per heavy atom. The molecular formula is C25H17ClN2O3S. The van der Waals surface area contributed by atoms with Crippen LogP contribution in [0.5, 0.6) is 5.75 Å². The summed E-state index contributed by atoms with van der Waals surface area (Å²) in [6, 6.07) is 21.1. The normalized spacial score (nSPS) is 11.2. The summed E-state index contributed by atoms with van der Waals surface area (Å²) >= 11 is 7.28. The molecule has 5 rings (SSSR count). The molecule has 32 heavy (non-hydrogen) atoms. The number of nitrogens with zero attached hydrogens (tertiary/aromatic N) is 2. The number of hydrogen-bond acceptors (Lipinski definition) is 6. The van der Waals surface area contributed by atoms with Crippen molar-refractivity contribution in [1.82, 2.24) is 9.36 Å². The van der Waals surface area contributed by atoms with Gasteiger partial charge in [-0.25, -0.2) is 9.78 Å². The summed E-state index contributed by atoms with van der Waals surface area (Å²) < 4.78 is 10.5. The number of hydrogen-bond donors (Lipinski definition) is 1.